The third-order valence-corrected chi connectivity index (χ3v) is 6.83. The molecule has 0 aliphatic carbocycles. The van der Waals surface area contributed by atoms with Crippen LogP contribution in [0.25, 0.3) is 10.7 Å². The first-order valence-corrected chi connectivity index (χ1v) is 11.7. The predicted octanol–water partition coefficient (Wildman–Crippen LogP) is 3.51. The van der Waals surface area contributed by atoms with Crippen molar-refractivity contribution in [3.05, 3.63) is 53.4 Å². The number of thioether (sulfide) groups is 1. The van der Waals surface area contributed by atoms with Crippen LogP contribution in [-0.2, 0) is 17.9 Å². The number of carbonyl (C=O) groups excluding carboxylic acids is 1. The zero-order chi connectivity index (χ0) is 20.1. The SMILES string of the molecule is CCn1c(SCC(=O)NC2CCN(Cc3ccccc3)C2)nnc1-c1cccs1. The van der Waals surface area contributed by atoms with Gasteiger partial charge in [-0.3, -0.25) is 9.69 Å². The first kappa shape index (κ1) is 20.1. The van der Waals surface area contributed by atoms with Crippen LogP contribution in [0, 0.1) is 0 Å². The molecule has 1 unspecified atom stereocenters. The quantitative estimate of drug-likeness (QED) is 0.558. The summed E-state index contributed by atoms with van der Waals surface area (Å²) in [7, 11) is 0. The topological polar surface area (TPSA) is 63.1 Å². The number of thiophene rings is 1. The first-order chi connectivity index (χ1) is 14.2. The van der Waals surface area contributed by atoms with Crippen LogP contribution >= 0.6 is 23.1 Å². The number of rotatable bonds is 8. The van der Waals surface area contributed by atoms with Crippen molar-refractivity contribution < 1.29 is 4.79 Å². The number of hydrogen-bond acceptors (Lipinski definition) is 6. The van der Waals surface area contributed by atoms with Crippen LogP contribution in [0.4, 0.5) is 0 Å². The molecule has 0 radical (unpaired) electrons. The Hall–Kier alpha value is -2.16. The fourth-order valence-electron chi connectivity index (χ4n) is 3.60. The van der Waals surface area contributed by atoms with Gasteiger partial charge in [-0.05, 0) is 30.4 Å². The molecule has 0 saturated carbocycles. The van der Waals surface area contributed by atoms with Crippen molar-refractivity contribution in [2.75, 3.05) is 18.8 Å². The smallest absolute Gasteiger partial charge is 0.230 e. The Balaban J connectivity index is 1.27. The van der Waals surface area contributed by atoms with Crippen LogP contribution < -0.4 is 5.32 Å². The maximum absolute atomic E-state index is 12.5. The summed E-state index contributed by atoms with van der Waals surface area (Å²) in [5, 5.41) is 14.6. The molecule has 8 heteroatoms. The Bertz CT molecular complexity index is 926. The summed E-state index contributed by atoms with van der Waals surface area (Å²) in [5.74, 6) is 1.29. The van der Waals surface area contributed by atoms with Gasteiger partial charge in [0.15, 0.2) is 11.0 Å². The second-order valence-corrected chi connectivity index (χ2v) is 8.98. The fraction of sp³-hybridized carbons (Fsp3) is 0.381. The summed E-state index contributed by atoms with van der Waals surface area (Å²) in [6.07, 6.45) is 0.997. The van der Waals surface area contributed by atoms with Crippen molar-refractivity contribution in [2.24, 2.45) is 0 Å². The van der Waals surface area contributed by atoms with E-state index in [9.17, 15) is 4.79 Å². The van der Waals surface area contributed by atoms with E-state index < -0.39 is 0 Å². The Morgan fingerprint density at radius 3 is 2.86 bits per heavy atom. The van der Waals surface area contributed by atoms with Crippen molar-refractivity contribution in [1.82, 2.24) is 25.0 Å². The first-order valence-electron chi connectivity index (χ1n) is 9.88. The number of carbonyl (C=O) groups is 1. The highest BCUT2D eigenvalue weighted by molar-refractivity contribution is 7.99. The molecule has 1 aliphatic heterocycles. The van der Waals surface area contributed by atoms with Gasteiger partial charge in [-0.1, -0.05) is 48.2 Å². The number of hydrogen-bond donors (Lipinski definition) is 1. The fourth-order valence-corrected chi connectivity index (χ4v) is 5.13. The lowest BCUT2D eigenvalue weighted by atomic mass is 10.2. The molecule has 3 aromatic rings. The maximum atomic E-state index is 12.5. The summed E-state index contributed by atoms with van der Waals surface area (Å²) >= 11 is 3.10. The lowest BCUT2D eigenvalue weighted by Crippen LogP contribution is -2.38. The second kappa shape index (κ2) is 9.56. The summed E-state index contributed by atoms with van der Waals surface area (Å²) in [4.78, 5) is 16.0. The Kier molecular flexibility index (Phi) is 6.63. The van der Waals surface area contributed by atoms with Gasteiger partial charge >= 0.3 is 0 Å². The lowest BCUT2D eigenvalue weighted by molar-refractivity contribution is -0.119. The molecule has 0 bridgehead atoms. The van der Waals surface area contributed by atoms with Crippen LogP contribution in [0.1, 0.15) is 18.9 Å². The molecule has 1 atom stereocenters. The Labute approximate surface area is 179 Å². The molecule has 0 spiro atoms. The average Bonchev–Trinajstić information content (AvgIpc) is 3.48. The molecule has 6 nitrogen and oxygen atoms in total. The molecule has 4 rings (SSSR count). The Morgan fingerprint density at radius 2 is 2.10 bits per heavy atom. The number of amides is 1. The molecule has 29 heavy (non-hydrogen) atoms. The van der Waals surface area contributed by atoms with Crippen molar-refractivity contribution >= 4 is 29.0 Å². The normalized spacial score (nSPS) is 16.9. The van der Waals surface area contributed by atoms with E-state index in [0.29, 0.717) is 5.75 Å². The van der Waals surface area contributed by atoms with Gasteiger partial charge in [-0.25, -0.2) is 0 Å². The average molecular weight is 428 g/mol. The standard InChI is InChI=1S/C21H25N5OS2/c1-2-26-20(18-9-6-12-28-18)23-24-21(26)29-15-19(27)22-17-10-11-25(14-17)13-16-7-4-3-5-8-16/h3-9,12,17H,2,10-11,13-15H2,1H3,(H,22,27). The van der Waals surface area contributed by atoms with Crippen molar-refractivity contribution in [3.63, 3.8) is 0 Å². The lowest BCUT2D eigenvalue weighted by Gasteiger charge is -2.16. The van der Waals surface area contributed by atoms with Crippen LogP contribution in [-0.4, -0.2) is 50.5 Å². The number of nitrogens with zero attached hydrogens (tertiary/aromatic N) is 4. The molecule has 1 amide bonds. The highest BCUT2D eigenvalue weighted by atomic mass is 32.2. The van der Waals surface area contributed by atoms with Crippen molar-refractivity contribution in [3.8, 4) is 10.7 Å². The van der Waals surface area contributed by atoms with E-state index in [1.807, 2.05) is 23.6 Å². The number of benzene rings is 1. The molecule has 3 heterocycles. The molecule has 1 saturated heterocycles. The summed E-state index contributed by atoms with van der Waals surface area (Å²) in [6.45, 7) is 5.71. The van der Waals surface area contributed by atoms with E-state index in [1.54, 1.807) is 11.3 Å². The summed E-state index contributed by atoms with van der Waals surface area (Å²) in [5.41, 5.74) is 1.32. The highest BCUT2D eigenvalue weighted by Crippen LogP contribution is 2.27. The third-order valence-electron chi connectivity index (χ3n) is 4.99. The number of aromatic nitrogens is 3. The highest BCUT2D eigenvalue weighted by Gasteiger charge is 2.24. The van der Waals surface area contributed by atoms with E-state index in [2.05, 4.69) is 56.2 Å². The van der Waals surface area contributed by atoms with Gasteiger partial charge in [0.05, 0.1) is 10.6 Å². The van der Waals surface area contributed by atoms with E-state index >= 15 is 0 Å². The van der Waals surface area contributed by atoms with Crippen LogP contribution in [0.15, 0.2) is 53.0 Å². The monoisotopic (exact) mass is 427 g/mol. The van der Waals surface area contributed by atoms with Gasteiger partial charge in [-0.2, -0.15) is 0 Å². The molecule has 152 valence electrons. The summed E-state index contributed by atoms with van der Waals surface area (Å²) < 4.78 is 2.07. The molecular formula is C21H25N5OS2. The van der Waals surface area contributed by atoms with E-state index in [-0.39, 0.29) is 11.9 Å². The zero-order valence-corrected chi connectivity index (χ0v) is 18.1. The maximum Gasteiger partial charge on any atom is 0.230 e. The van der Waals surface area contributed by atoms with Gasteiger partial charge in [-0.15, -0.1) is 21.5 Å². The largest absolute Gasteiger partial charge is 0.351 e. The van der Waals surface area contributed by atoms with Gasteiger partial charge < -0.3 is 9.88 Å². The minimum Gasteiger partial charge on any atom is -0.351 e. The number of likely N-dealkylation sites (tertiary alicyclic amines) is 1. The molecule has 1 aromatic carbocycles. The zero-order valence-electron chi connectivity index (χ0n) is 16.5. The van der Waals surface area contributed by atoms with Gasteiger partial charge in [0.25, 0.3) is 0 Å². The molecule has 2 aromatic heterocycles. The second-order valence-electron chi connectivity index (χ2n) is 7.09. The third kappa shape index (κ3) is 5.07. The molecular weight excluding hydrogens is 402 g/mol. The van der Waals surface area contributed by atoms with Gasteiger partial charge in [0, 0.05) is 32.2 Å². The number of nitrogens with one attached hydrogen (secondary N) is 1. The van der Waals surface area contributed by atoms with Gasteiger partial charge in [0.2, 0.25) is 5.91 Å². The predicted molar refractivity (Wildman–Crippen MR) is 118 cm³/mol. The summed E-state index contributed by atoms with van der Waals surface area (Å²) in [6, 6.07) is 14.8. The minimum absolute atomic E-state index is 0.0601. The van der Waals surface area contributed by atoms with Crippen LogP contribution in [0.5, 0.6) is 0 Å². The van der Waals surface area contributed by atoms with Crippen LogP contribution in [0.2, 0.25) is 0 Å². The van der Waals surface area contributed by atoms with E-state index in [1.165, 1.54) is 17.3 Å². The van der Waals surface area contributed by atoms with Crippen molar-refractivity contribution in [2.45, 2.75) is 37.6 Å². The van der Waals surface area contributed by atoms with Gasteiger partial charge in [0.1, 0.15) is 0 Å². The minimum atomic E-state index is 0.0601. The van der Waals surface area contributed by atoms with E-state index in [0.717, 1.165) is 48.5 Å². The van der Waals surface area contributed by atoms with E-state index in [4.69, 9.17) is 0 Å². The van der Waals surface area contributed by atoms with Crippen molar-refractivity contribution in [1.29, 1.82) is 0 Å². The molecule has 1 fully saturated rings. The molecule has 1 N–H and O–H groups in total. The van der Waals surface area contributed by atoms with Crippen LogP contribution in [0.3, 0.4) is 0 Å². The Morgan fingerprint density at radius 1 is 1.24 bits per heavy atom. The molecule has 1 aliphatic rings.